The third kappa shape index (κ3) is 3.52. The van der Waals surface area contributed by atoms with E-state index in [0.717, 1.165) is 21.3 Å². The lowest BCUT2D eigenvalue weighted by Crippen LogP contribution is -2.25. The number of rotatable bonds is 4. The van der Waals surface area contributed by atoms with E-state index in [2.05, 4.69) is 26.2 Å². The average molecular weight is 350 g/mol. The summed E-state index contributed by atoms with van der Waals surface area (Å²) < 4.78 is 5.85. The van der Waals surface area contributed by atoms with Crippen LogP contribution in [0.4, 0.5) is 5.82 Å². The first kappa shape index (κ1) is 15.3. The number of nitrogen functional groups attached to an aromatic ring is 1. The van der Waals surface area contributed by atoms with Gasteiger partial charge in [-0.1, -0.05) is 12.1 Å². The molecule has 0 aliphatic rings. The number of aromatic nitrogens is 1. The summed E-state index contributed by atoms with van der Waals surface area (Å²) in [4.78, 5) is 16.3. The molecule has 0 fully saturated rings. The maximum atomic E-state index is 12.3. The predicted octanol–water partition coefficient (Wildman–Crippen LogP) is 2.67. The fourth-order valence-electron chi connectivity index (χ4n) is 1.90. The number of nitrogens with zero attached hydrogens (tertiary/aromatic N) is 1. The molecule has 1 heterocycles. The Balaban J connectivity index is 2.10. The van der Waals surface area contributed by atoms with Crippen LogP contribution in [0.15, 0.2) is 34.9 Å². The summed E-state index contributed by atoms with van der Waals surface area (Å²) in [6, 6.07) is 7.49. The van der Waals surface area contributed by atoms with Crippen LogP contribution in [-0.4, -0.2) is 18.0 Å². The van der Waals surface area contributed by atoms with E-state index in [1.54, 1.807) is 13.3 Å². The minimum Gasteiger partial charge on any atom is -0.497 e. The van der Waals surface area contributed by atoms with Gasteiger partial charge < -0.3 is 15.8 Å². The van der Waals surface area contributed by atoms with Gasteiger partial charge in [-0.25, -0.2) is 4.98 Å². The third-order valence-electron chi connectivity index (χ3n) is 3.15. The van der Waals surface area contributed by atoms with Gasteiger partial charge in [0.1, 0.15) is 11.6 Å². The summed E-state index contributed by atoms with van der Waals surface area (Å²) in [5.41, 5.74) is 7.94. The lowest BCUT2D eigenvalue weighted by molar-refractivity contribution is 0.0951. The highest BCUT2D eigenvalue weighted by molar-refractivity contribution is 9.10. The minimum absolute atomic E-state index is 0.225. The molecule has 21 heavy (non-hydrogen) atoms. The van der Waals surface area contributed by atoms with Gasteiger partial charge >= 0.3 is 0 Å². The largest absolute Gasteiger partial charge is 0.497 e. The van der Waals surface area contributed by atoms with Crippen LogP contribution in [0, 0.1) is 6.92 Å². The van der Waals surface area contributed by atoms with Crippen molar-refractivity contribution in [3.05, 3.63) is 51.6 Å². The van der Waals surface area contributed by atoms with E-state index in [-0.39, 0.29) is 11.7 Å². The molecule has 5 nitrogen and oxygen atoms in total. The lowest BCUT2D eigenvalue weighted by Gasteiger charge is -2.11. The summed E-state index contributed by atoms with van der Waals surface area (Å²) in [5, 5.41) is 2.84. The number of anilines is 1. The lowest BCUT2D eigenvalue weighted by atomic mass is 10.1. The van der Waals surface area contributed by atoms with Gasteiger partial charge in [-0.2, -0.15) is 0 Å². The Morgan fingerprint density at radius 1 is 1.38 bits per heavy atom. The van der Waals surface area contributed by atoms with Crippen LogP contribution in [0.25, 0.3) is 0 Å². The van der Waals surface area contributed by atoms with Crippen LogP contribution in [0.5, 0.6) is 5.75 Å². The highest BCUT2D eigenvalue weighted by atomic mass is 79.9. The highest BCUT2D eigenvalue weighted by Gasteiger charge is 2.15. The van der Waals surface area contributed by atoms with Gasteiger partial charge in [-0.05, 0) is 46.1 Å². The van der Waals surface area contributed by atoms with Crippen LogP contribution in [0.3, 0.4) is 0 Å². The van der Waals surface area contributed by atoms with Gasteiger partial charge in [0.25, 0.3) is 5.91 Å². The average Bonchev–Trinajstić information content (AvgIpc) is 2.50. The maximum absolute atomic E-state index is 12.3. The second-order valence-corrected chi connectivity index (χ2v) is 5.38. The van der Waals surface area contributed by atoms with Gasteiger partial charge in [0, 0.05) is 17.2 Å². The molecule has 6 heteroatoms. The smallest absolute Gasteiger partial charge is 0.255 e. The van der Waals surface area contributed by atoms with Crippen LogP contribution in [-0.2, 0) is 6.54 Å². The van der Waals surface area contributed by atoms with Crippen LogP contribution >= 0.6 is 15.9 Å². The number of hydrogen-bond acceptors (Lipinski definition) is 4. The topological polar surface area (TPSA) is 77.2 Å². The summed E-state index contributed by atoms with van der Waals surface area (Å²) >= 11 is 3.35. The highest BCUT2D eigenvalue weighted by Crippen LogP contribution is 2.22. The molecule has 0 bridgehead atoms. The Morgan fingerprint density at radius 2 is 2.05 bits per heavy atom. The molecule has 0 spiro atoms. The van der Waals surface area contributed by atoms with Crippen molar-refractivity contribution < 1.29 is 9.53 Å². The van der Waals surface area contributed by atoms with Gasteiger partial charge in [0.2, 0.25) is 0 Å². The number of methoxy groups -OCH3 is 1. The quantitative estimate of drug-likeness (QED) is 0.889. The molecule has 1 amide bonds. The van der Waals surface area contributed by atoms with E-state index in [4.69, 9.17) is 10.5 Å². The number of amides is 1. The summed E-state index contributed by atoms with van der Waals surface area (Å²) in [6.45, 7) is 2.23. The van der Waals surface area contributed by atoms with E-state index in [1.807, 2.05) is 31.2 Å². The number of pyridine rings is 1. The number of benzene rings is 1. The van der Waals surface area contributed by atoms with E-state index in [9.17, 15) is 4.79 Å². The van der Waals surface area contributed by atoms with Crippen molar-refractivity contribution in [3.8, 4) is 5.75 Å². The SMILES string of the molecule is COc1ccc(CNC(=O)c2c(N)ncc(Br)c2C)cc1. The number of hydrogen-bond donors (Lipinski definition) is 2. The van der Waals surface area contributed by atoms with Gasteiger partial charge in [0.15, 0.2) is 0 Å². The number of carbonyl (C=O) groups is 1. The molecule has 0 aliphatic heterocycles. The zero-order valence-electron chi connectivity index (χ0n) is 11.8. The first-order valence-electron chi connectivity index (χ1n) is 6.34. The summed E-state index contributed by atoms with van der Waals surface area (Å²) in [5.74, 6) is 0.763. The molecule has 0 atom stereocenters. The Hall–Kier alpha value is -2.08. The molecule has 2 aromatic rings. The number of nitrogens with two attached hydrogens (primary N) is 1. The van der Waals surface area contributed by atoms with E-state index >= 15 is 0 Å². The minimum atomic E-state index is -0.241. The standard InChI is InChI=1S/C15H16BrN3O2/c1-9-12(16)8-18-14(17)13(9)15(20)19-7-10-3-5-11(21-2)6-4-10/h3-6,8H,7H2,1-2H3,(H2,17,18)(H,19,20). The Morgan fingerprint density at radius 3 is 2.67 bits per heavy atom. The van der Waals surface area contributed by atoms with E-state index < -0.39 is 0 Å². The van der Waals surface area contributed by atoms with Crippen molar-refractivity contribution in [2.75, 3.05) is 12.8 Å². The van der Waals surface area contributed by atoms with E-state index in [0.29, 0.717) is 12.1 Å². The maximum Gasteiger partial charge on any atom is 0.255 e. The Bertz CT molecular complexity index is 657. The molecule has 3 N–H and O–H groups in total. The van der Waals surface area contributed by atoms with Crippen LogP contribution in [0.2, 0.25) is 0 Å². The number of nitrogens with one attached hydrogen (secondary N) is 1. The number of ether oxygens (including phenoxy) is 1. The first-order valence-corrected chi connectivity index (χ1v) is 7.14. The van der Waals surface area contributed by atoms with Crippen molar-refractivity contribution >= 4 is 27.7 Å². The molecule has 110 valence electrons. The molecule has 0 saturated carbocycles. The first-order chi connectivity index (χ1) is 10.0. The Labute approximate surface area is 131 Å². The normalized spacial score (nSPS) is 10.2. The van der Waals surface area contributed by atoms with E-state index in [1.165, 1.54) is 0 Å². The van der Waals surface area contributed by atoms with Gasteiger partial charge in [0.05, 0.1) is 12.7 Å². The van der Waals surface area contributed by atoms with Crippen LogP contribution in [0.1, 0.15) is 21.5 Å². The second kappa shape index (κ2) is 6.58. The van der Waals surface area contributed by atoms with Gasteiger partial charge in [-0.3, -0.25) is 4.79 Å². The second-order valence-electron chi connectivity index (χ2n) is 4.52. The van der Waals surface area contributed by atoms with Crippen molar-refractivity contribution in [1.29, 1.82) is 0 Å². The fourth-order valence-corrected chi connectivity index (χ4v) is 2.20. The Kier molecular flexibility index (Phi) is 4.80. The molecule has 1 aromatic carbocycles. The molecule has 0 unspecified atom stereocenters. The summed E-state index contributed by atoms with van der Waals surface area (Å²) in [7, 11) is 1.61. The van der Waals surface area contributed by atoms with Gasteiger partial charge in [-0.15, -0.1) is 0 Å². The summed E-state index contributed by atoms with van der Waals surface area (Å²) in [6.07, 6.45) is 1.59. The zero-order chi connectivity index (χ0) is 15.4. The zero-order valence-corrected chi connectivity index (χ0v) is 13.4. The van der Waals surface area contributed by atoms with Crippen molar-refractivity contribution in [2.24, 2.45) is 0 Å². The fraction of sp³-hybridized carbons (Fsp3) is 0.200. The van der Waals surface area contributed by atoms with Crippen molar-refractivity contribution in [1.82, 2.24) is 10.3 Å². The molecular formula is C15H16BrN3O2. The van der Waals surface area contributed by atoms with Crippen LogP contribution < -0.4 is 15.8 Å². The third-order valence-corrected chi connectivity index (χ3v) is 3.95. The molecule has 0 aliphatic carbocycles. The van der Waals surface area contributed by atoms with Crippen molar-refractivity contribution in [2.45, 2.75) is 13.5 Å². The van der Waals surface area contributed by atoms with Crippen molar-refractivity contribution in [3.63, 3.8) is 0 Å². The molecule has 0 radical (unpaired) electrons. The molecule has 0 saturated heterocycles. The molecule has 2 rings (SSSR count). The predicted molar refractivity (Wildman–Crippen MR) is 85.3 cm³/mol. The molecular weight excluding hydrogens is 334 g/mol. The number of halogens is 1. The monoisotopic (exact) mass is 349 g/mol. The molecule has 1 aromatic heterocycles. The number of carbonyl (C=O) groups excluding carboxylic acids is 1.